The number of nitrogens with one attached hydrogen (secondary N) is 1. The Bertz CT molecular complexity index is 1420. The van der Waals surface area contributed by atoms with E-state index in [0.29, 0.717) is 11.3 Å². The van der Waals surface area contributed by atoms with Gasteiger partial charge >= 0.3 is 6.36 Å². The molecule has 0 aliphatic heterocycles. The van der Waals surface area contributed by atoms with Crippen molar-refractivity contribution in [3.05, 3.63) is 64.3 Å². The molecule has 1 N–H and O–H groups in total. The van der Waals surface area contributed by atoms with E-state index >= 15 is 0 Å². The molecule has 11 nitrogen and oxygen atoms in total. The second-order valence-corrected chi connectivity index (χ2v) is 9.69. The van der Waals surface area contributed by atoms with Crippen molar-refractivity contribution in [2.24, 2.45) is 0 Å². The Kier molecular flexibility index (Phi) is 9.35. The lowest BCUT2D eigenvalue weighted by molar-refractivity contribution is -0.274. The summed E-state index contributed by atoms with van der Waals surface area (Å²) in [7, 11) is 0. The number of benzene rings is 1. The molecule has 0 spiro atoms. The molecular weight excluding hydrogens is 550 g/mol. The van der Waals surface area contributed by atoms with E-state index in [0.717, 1.165) is 47.2 Å². The van der Waals surface area contributed by atoms with Crippen LogP contribution in [0.3, 0.4) is 0 Å². The number of aryl methyl sites for hydroxylation is 1. The van der Waals surface area contributed by atoms with Gasteiger partial charge in [-0.2, -0.15) is 5.10 Å². The number of hydrogen-bond acceptors (Lipinski definition) is 7. The molecule has 0 bridgehead atoms. The van der Waals surface area contributed by atoms with Gasteiger partial charge in [-0.15, -0.1) is 18.3 Å². The van der Waals surface area contributed by atoms with Crippen LogP contribution in [-0.4, -0.2) is 55.2 Å². The predicted octanol–water partition coefficient (Wildman–Crippen LogP) is 3.39. The van der Waals surface area contributed by atoms with E-state index in [9.17, 15) is 31.9 Å². The number of carbonyl (C=O) groups excluding carboxylic acids is 2. The monoisotopic (exact) mass is 579 g/mol. The van der Waals surface area contributed by atoms with Gasteiger partial charge in [-0.05, 0) is 30.5 Å². The molecule has 0 saturated heterocycles. The number of ether oxygens (including phenoxy) is 1. The Balaban J connectivity index is 1.27. The third-order valence-corrected chi connectivity index (χ3v) is 6.56. The van der Waals surface area contributed by atoms with Crippen molar-refractivity contribution in [3.63, 3.8) is 0 Å². The van der Waals surface area contributed by atoms with Crippen LogP contribution in [0.25, 0.3) is 0 Å². The van der Waals surface area contributed by atoms with E-state index in [1.165, 1.54) is 37.5 Å². The highest BCUT2D eigenvalue weighted by molar-refractivity contribution is 5.92. The zero-order valence-corrected chi connectivity index (χ0v) is 22.2. The molecule has 4 rings (SSSR count). The number of amides is 2. The van der Waals surface area contributed by atoms with Gasteiger partial charge in [-0.3, -0.25) is 14.4 Å². The van der Waals surface area contributed by atoms with Gasteiger partial charge in [-0.1, -0.05) is 30.2 Å². The van der Waals surface area contributed by atoms with Gasteiger partial charge in [0.25, 0.3) is 11.5 Å². The molecule has 3 aromatic rings. The molecule has 1 aliphatic carbocycles. The third-order valence-electron chi connectivity index (χ3n) is 6.56. The molecule has 1 atom stereocenters. The summed E-state index contributed by atoms with van der Waals surface area (Å²) in [6.07, 6.45) is 0.117. The average molecular weight is 580 g/mol. The number of carbonyl (C=O) groups is 2. The first-order valence-corrected chi connectivity index (χ1v) is 13.0. The standard InChI is InChI=1S/C26H29F4N7O4/c1-17(38)37(20-6-2-3-7-20)21-12-24(39)36(32-14-21)10-9-19(27)15-35-16-23(33-34-35)25(40)31-13-18-5-4-8-22(11-18)41-26(28,29)30/h4-5,8,11-12,14,16,19-20H,2-3,6-7,9-10,13,15H2,1H3,(H,31,40). The topological polar surface area (TPSA) is 124 Å². The van der Waals surface area contributed by atoms with Crippen molar-refractivity contribution in [1.82, 2.24) is 30.1 Å². The van der Waals surface area contributed by atoms with Crippen LogP contribution < -0.4 is 20.5 Å². The third kappa shape index (κ3) is 8.35. The Labute approximate surface area is 232 Å². The summed E-state index contributed by atoms with van der Waals surface area (Å²) in [5.74, 6) is -1.23. The highest BCUT2D eigenvalue weighted by atomic mass is 19.4. The number of anilines is 1. The Morgan fingerprint density at radius 1 is 1.22 bits per heavy atom. The summed E-state index contributed by atoms with van der Waals surface area (Å²) in [6, 6.07) is 6.52. The second kappa shape index (κ2) is 12.9. The van der Waals surface area contributed by atoms with Crippen LogP contribution in [0.2, 0.25) is 0 Å². The van der Waals surface area contributed by atoms with Crippen LogP contribution in [0.1, 0.15) is 55.1 Å². The van der Waals surface area contributed by atoms with E-state index in [4.69, 9.17) is 0 Å². The van der Waals surface area contributed by atoms with Gasteiger partial charge in [0.2, 0.25) is 5.91 Å². The second-order valence-electron chi connectivity index (χ2n) is 9.69. The maximum Gasteiger partial charge on any atom is 0.573 e. The van der Waals surface area contributed by atoms with Crippen molar-refractivity contribution in [3.8, 4) is 5.75 Å². The Hall–Kier alpha value is -4.30. The van der Waals surface area contributed by atoms with E-state index in [1.807, 2.05) is 0 Å². The molecule has 1 aromatic carbocycles. The molecule has 2 amide bonds. The maximum atomic E-state index is 14.7. The minimum Gasteiger partial charge on any atom is -0.406 e. The molecule has 1 aliphatic rings. The van der Waals surface area contributed by atoms with Crippen molar-refractivity contribution < 1.29 is 31.9 Å². The zero-order valence-electron chi connectivity index (χ0n) is 22.2. The molecule has 41 heavy (non-hydrogen) atoms. The fraction of sp³-hybridized carbons (Fsp3) is 0.462. The lowest BCUT2D eigenvalue weighted by atomic mass is 10.2. The molecular formula is C26H29F4N7O4. The van der Waals surface area contributed by atoms with Crippen molar-refractivity contribution in [1.29, 1.82) is 0 Å². The molecule has 2 aromatic heterocycles. The lowest BCUT2D eigenvalue weighted by Crippen LogP contribution is -2.38. The largest absolute Gasteiger partial charge is 0.573 e. The number of rotatable bonds is 11. The first kappa shape index (κ1) is 29.7. The normalized spacial score (nSPS) is 14.6. The summed E-state index contributed by atoms with van der Waals surface area (Å²) in [5, 5.41) is 14.1. The minimum atomic E-state index is -4.83. The molecule has 1 unspecified atom stereocenters. The zero-order chi connectivity index (χ0) is 29.6. The summed E-state index contributed by atoms with van der Waals surface area (Å²) in [4.78, 5) is 38.7. The van der Waals surface area contributed by atoms with E-state index in [2.05, 4.69) is 25.5 Å². The fourth-order valence-electron chi connectivity index (χ4n) is 4.71. The van der Waals surface area contributed by atoms with Crippen LogP contribution >= 0.6 is 0 Å². The highest BCUT2D eigenvalue weighted by Gasteiger charge is 2.31. The number of alkyl halides is 4. The lowest BCUT2D eigenvalue weighted by Gasteiger charge is -2.27. The molecule has 1 saturated carbocycles. The summed E-state index contributed by atoms with van der Waals surface area (Å²) in [6.45, 7) is 1.11. The van der Waals surface area contributed by atoms with Crippen LogP contribution in [0.15, 0.2) is 47.5 Å². The average Bonchev–Trinajstić information content (AvgIpc) is 3.59. The summed E-state index contributed by atoms with van der Waals surface area (Å²) in [5.41, 5.74) is 0.235. The summed E-state index contributed by atoms with van der Waals surface area (Å²) < 4.78 is 58.0. The number of nitrogens with zero attached hydrogens (tertiary/aromatic N) is 6. The van der Waals surface area contributed by atoms with Crippen LogP contribution in [-0.2, 0) is 24.4 Å². The molecule has 1 fully saturated rings. The SMILES string of the molecule is CC(=O)N(c1cnn(CCC(F)Cn2cc(C(=O)NCc3cccc(OC(F)(F)F)c3)nn2)c(=O)c1)C1CCCC1. The maximum absolute atomic E-state index is 14.7. The fourth-order valence-corrected chi connectivity index (χ4v) is 4.71. The van der Waals surface area contributed by atoms with Crippen molar-refractivity contribution in [2.75, 3.05) is 4.90 Å². The van der Waals surface area contributed by atoms with Gasteiger partial charge in [0.15, 0.2) is 5.69 Å². The minimum absolute atomic E-state index is 0.0110. The van der Waals surface area contributed by atoms with Gasteiger partial charge in [0.1, 0.15) is 11.9 Å². The number of hydrogen-bond donors (Lipinski definition) is 1. The van der Waals surface area contributed by atoms with Crippen LogP contribution in [0.5, 0.6) is 5.75 Å². The molecule has 15 heteroatoms. The Morgan fingerprint density at radius 2 is 1.98 bits per heavy atom. The Morgan fingerprint density at radius 3 is 2.66 bits per heavy atom. The van der Waals surface area contributed by atoms with Crippen molar-refractivity contribution in [2.45, 2.75) is 77.2 Å². The smallest absolute Gasteiger partial charge is 0.406 e. The summed E-state index contributed by atoms with van der Waals surface area (Å²) >= 11 is 0. The van der Waals surface area contributed by atoms with Gasteiger partial charge < -0.3 is 15.0 Å². The van der Waals surface area contributed by atoms with Gasteiger partial charge in [0, 0.05) is 38.5 Å². The van der Waals surface area contributed by atoms with E-state index in [-0.39, 0.29) is 43.7 Å². The van der Waals surface area contributed by atoms with E-state index in [1.54, 1.807) is 4.90 Å². The van der Waals surface area contributed by atoms with Gasteiger partial charge in [0.05, 0.1) is 24.6 Å². The molecule has 2 heterocycles. The first-order valence-electron chi connectivity index (χ1n) is 13.0. The van der Waals surface area contributed by atoms with Gasteiger partial charge in [-0.25, -0.2) is 13.8 Å². The van der Waals surface area contributed by atoms with Crippen molar-refractivity contribution >= 4 is 17.5 Å². The van der Waals surface area contributed by atoms with E-state index < -0.39 is 29.7 Å². The number of halogens is 4. The highest BCUT2D eigenvalue weighted by Crippen LogP contribution is 2.27. The molecule has 220 valence electrons. The first-order chi connectivity index (χ1) is 19.5. The van der Waals surface area contributed by atoms with Crippen LogP contribution in [0, 0.1) is 0 Å². The molecule has 0 radical (unpaired) electrons. The predicted molar refractivity (Wildman–Crippen MR) is 138 cm³/mol. The number of aromatic nitrogens is 5. The van der Waals surface area contributed by atoms with Crippen LogP contribution in [0.4, 0.5) is 23.2 Å². The quantitative estimate of drug-likeness (QED) is 0.346.